The van der Waals surface area contributed by atoms with E-state index in [9.17, 15) is 0 Å². The van der Waals surface area contributed by atoms with Crippen LogP contribution in [0.2, 0.25) is 0 Å². The fourth-order valence-electron chi connectivity index (χ4n) is 4.04. The molecule has 0 spiro atoms. The molecule has 0 amide bonds. The molecule has 0 heterocycles. The van der Waals surface area contributed by atoms with Gasteiger partial charge in [-0.2, -0.15) is 0 Å². The molecule has 0 bridgehead atoms. The summed E-state index contributed by atoms with van der Waals surface area (Å²) in [4.78, 5) is 0. The fourth-order valence-corrected chi connectivity index (χ4v) is 4.04. The first-order chi connectivity index (χ1) is 7.74. The molecule has 0 aromatic carbocycles. The quantitative estimate of drug-likeness (QED) is 0.756. The summed E-state index contributed by atoms with van der Waals surface area (Å²) in [6.07, 6.45) is 14.7. The maximum atomic E-state index is 3.63. The van der Waals surface area contributed by atoms with Crippen molar-refractivity contribution in [1.29, 1.82) is 0 Å². The Morgan fingerprint density at radius 3 is 2.25 bits per heavy atom. The third-order valence-electron chi connectivity index (χ3n) is 5.23. The van der Waals surface area contributed by atoms with Crippen LogP contribution in [-0.2, 0) is 0 Å². The van der Waals surface area contributed by atoms with Gasteiger partial charge < -0.3 is 5.32 Å². The number of rotatable bonds is 4. The van der Waals surface area contributed by atoms with E-state index in [-0.39, 0.29) is 0 Å². The highest BCUT2D eigenvalue weighted by Crippen LogP contribution is 2.43. The van der Waals surface area contributed by atoms with Crippen LogP contribution in [0, 0.1) is 11.3 Å². The molecule has 2 rings (SSSR count). The first-order valence-corrected chi connectivity index (χ1v) is 7.42. The first kappa shape index (κ1) is 12.4. The van der Waals surface area contributed by atoms with Crippen molar-refractivity contribution in [1.82, 2.24) is 5.32 Å². The molecule has 2 aliphatic carbocycles. The molecule has 1 heteroatoms. The van der Waals surface area contributed by atoms with Crippen molar-refractivity contribution in [3.8, 4) is 0 Å². The maximum Gasteiger partial charge on any atom is 0.0120 e. The molecule has 0 aromatic rings. The fraction of sp³-hybridized carbons (Fsp3) is 1.00. The van der Waals surface area contributed by atoms with E-state index in [1.54, 1.807) is 0 Å². The minimum Gasteiger partial charge on any atom is -0.316 e. The van der Waals surface area contributed by atoms with Crippen LogP contribution in [0.15, 0.2) is 0 Å². The Hall–Kier alpha value is -0.0400. The normalized spacial score (nSPS) is 28.1. The Morgan fingerprint density at radius 1 is 1.06 bits per heavy atom. The van der Waals surface area contributed by atoms with Crippen molar-refractivity contribution in [3.63, 3.8) is 0 Å². The van der Waals surface area contributed by atoms with Crippen molar-refractivity contribution >= 4 is 0 Å². The molecule has 16 heavy (non-hydrogen) atoms. The van der Waals surface area contributed by atoms with E-state index in [0.717, 1.165) is 12.0 Å². The highest BCUT2D eigenvalue weighted by molar-refractivity contribution is 4.92. The van der Waals surface area contributed by atoms with Gasteiger partial charge in [0, 0.05) is 6.04 Å². The second kappa shape index (κ2) is 5.53. The van der Waals surface area contributed by atoms with E-state index >= 15 is 0 Å². The zero-order chi connectivity index (χ0) is 11.4. The second-order valence-corrected chi connectivity index (χ2v) is 6.44. The van der Waals surface area contributed by atoms with Gasteiger partial charge in [-0.25, -0.2) is 0 Å². The molecule has 0 radical (unpaired) electrons. The minimum absolute atomic E-state index is 0.603. The van der Waals surface area contributed by atoms with Gasteiger partial charge in [-0.1, -0.05) is 51.9 Å². The van der Waals surface area contributed by atoms with Crippen molar-refractivity contribution < 1.29 is 0 Å². The van der Waals surface area contributed by atoms with Gasteiger partial charge in [0.15, 0.2) is 0 Å². The standard InChI is InChI=1S/C15H29N/c1-15(10-6-7-11-15)14(16-2)12-13-8-4-3-5-9-13/h13-14,16H,3-12H2,1-2H3. The van der Waals surface area contributed by atoms with Gasteiger partial charge in [0.05, 0.1) is 0 Å². The van der Waals surface area contributed by atoms with Gasteiger partial charge in [-0.05, 0) is 37.6 Å². The lowest BCUT2D eigenvalue weighted by Crippen LogP contribution is -2.41. The Balaban J connectivity index is 1.88. The van der Waals surface area contributed by atoms with Crippen LogP contribution in [-0.4, -0.2) is 13.1 Å². The SMILES string of the molecule is CNC(CC1CCCCC1)C1(C)CCCC1. The lowest BCUT2D eigenvalue weighted by Gasteiger charge is -2.37. The van der Waals surface area contributed by atoms with Gasteiger partial charge in [0.1, 0.15) is 0 Å². The predicted molar refractivity (Wildman–Crippen MR) is 70.6 cm³/mol. The summed E-state index contributed by atoms with van der Waals surface area (Å²) >= 11 is 0. The highest BCUT2D eigenvalue weighted by Gasteiger charge is 2.37. The summed E-state index contributed by atoms with van der Waals surface area (Å²) in [6.45, 7) is 2.52. The van der Waals surface area contributed by atoms with E-state index in [1.165, 1.54) is 64.2 Å². The average Bonchev–Trinajstić information content (AvgIpc) is 2.75. The summed E-state index contributed by atoms with van der Waals surface area (Å²) in [5.74, 6) is 1.02. The van der Waals surface area contributed by atoms with Crippen LogP contribution >= 0.6 is 0 Å². The summed E-state index contributed by atoms with van der Waals surface area (Å²) in [5, 5.41) is 3.63. The molecule has 0 aliphatic heterocycles. The number of nitrogens with one attached hydrogen (secondary N) is 1. The average molecular weight is 223 g/mol. The smallest absolute Gasteiger partial charge is 0.0120 e. The van der Waals surface area contributed by atoms with E-state index in [0.29, 0.717) is 5.41 Å². The van der Waals surface area contributed by atoms with Gasteiger partial charge in [0.2, 0.25) is 0 Å². The van der Waals surface area contributed by atoms with Crippen molar-refractivity contribution in [3.05, 3.63) is 0 Å². The molecule has 2 aliphatic rings. The van der Waals surface area contributed by atoms with Crippen molar-refractivity contribution in [2.45, 2.75) is 77.2 Å². The molecule has 94 valence electrons. The topological polar surface area (TPSA) is 12.0 Å². The molecule has 0 saturated heterocycles. The summed E-state index contributed by atoms with van der Waals surface area (Å²) in [7, 11) is 2.18. The first-order valence-electron chi connectivity index (χ1n) is 7.42. The summed E-state index contributed by atoms with van der Waals surface area (Å²) in [6, 6.07) is 0.776. The molecular weight excluding hydrogens is 194 g/mol. The Labute approximate surface area is 101 Å². The summed E-state index contributed by atoms with van der Waals surface area (Å²) < 4.78 is 0. The van der Waals surface area contributed by atoms with Crippen molar-refractivity contribution in [2.75, 3.05) is 7.05 Å². The number of hydrogen-bond donors (Lipinski definition) is 1. The Morgan fingerprint density at radius 2 is 1.69 bits per heavy atom. The van der Waals surface area contributed by atoms with Crippen LogP contribution in [0.4, 0.5) is 0 Å². The molecule has 1 nitrogen and oxygen atoms in total. The van der Waals surface area contributed by atoms with Crippen LogP contribution in [0.1, 0.15) is 71.1 Å². The minimum atomic E-state index is 0.603. The monoisotopic (exact) mass is 223 g/mol. The third-order valence-corrected chi connectivity index (χ3v) is 5.23. The summed E-state index contributed by atoms with van der Waals surface area (Å²) in [5.41, 5.74) is 0.603. The Kier molecular flexibility index (Phi) is 4.29. The van der Waals surface area contributed by atoms with Gasteiger partial charge in [0.25, 0.3) is 0 Å². The van der Waals surface area contributed by atoms with Crippen LogP contribution in [0.25, 0.3) is 0 Å². The lowest BCUT2D eigenvalue weighted by molar-refractivity contribution is 0.179. The molecule has 1 atom stereocenters. The molecular formula is C15H29N. The van der Waals surface area contributed by atoms with E-state index in [2.05, 4.69) is 19.3 Å². The largest absolute Gasteiger partial charge is 0.316 e. The molecule has 2 fully saturated rings. The predicted octanol–water partition coefficient (Wildman–Crippen LogP) is 4.13. The van der Waals surface area contributed by atoms with E-state index < -0.39 is 0 Å². The van der Waals surface area contributed by atoms with Crippen LogP contribution < -0.4 is 5.32 Å². The second-order valence-electron chi connectivity index (χ2n) is 6.44. The van der Waals surface area contributed by atoms with E-state index in [4.69, 9.17) is 0 Å². The van der Waals surface area contributed by atoms with Crippen LogP contribution in [0.3, 0.4) is 0 Å². The molecule has 0 aromatic heterocycles. The van der Waals surface area contributed by atoms with Gasteiger partial charge in [-0.15, -0.1) is 0 Å². The molecule has 1 N–H and O–H groups in total. The zero-order valence-corrected chi connectivity index (χ0v) is 11.2. The van der Waals surface area contributed by atoms with Gasteiger partial charge in [-0.3, -0.25) is 0 Å². The van der Waals surface area contributed by atoms with E-state index in [1.807, 2.05) is 0 Å². The number of hydrogen-bond acceptors (Lipinski definition) is 1. The lowest BCUT2D eigenvalue weighted by atomic mass is 9.74. The third kappa shape index (κ3) is 2.80. The highest BCUT2D eigenvalue weighted by atomic mass is 14.9. The van der Waals surface area contributed by atoms with Crippen LogP contribution in [0.5, 0.6) is 0 Å². The van der Waals surface area contributed by atoms with Gasteiger partial charge >= 0.3 is 0 Å². The van der Waals surface area contributed by atoms with Crippen molar-refractivity contribution in [2.24, 2.45) is 11.3 Å². The molecule has 1 unspecified atom stereocenters. The molecule has 2 saturated carbocycles. The maximum absolute atomic E-state index is 3.63. The zero-order valence-electron chi connectivity index (χ0n) is 11.2. The Bertz CT molecular complexity index is 199.